The van der Waals surface area contributed by atoms with Crippen LogP contribution in [0.1, 0.15) is 21.5 Å². The molecular formula is C28H28N4O2. The first kappa shape index (κ1) is 21.8. The largest absolute Gasteiger partial charge is 0.506 e. The summed E-state index contributed by atoms with van der Waals surface area (Å²) in [6.45, 7) is 6.64. The molecule has 0 bridgehead atoms. The molecule has 1 amide bonds. The molecule has 6 nitrogen and oxygen atoms in total. The molecule has 0 radical (unpaired) electrons. The zero-order valence-electron chi connectivity index (χ0n) is 19.5. The van der Waals surface area contributed by atoms with Crippen molar-refractivity contribution in [1.82, 2.24) is 14.7 Å². The highest BCUT2D eigenvalue weighted by atomic mass is 16.3. The third kappa shape index (κ3) is 4.15. The Morgan fingerprint density at radius 3 is 2.26 bits per heavy atom. The normalized spacial score (nSPS) is 13.8. The summed E-state index contributed by atoms with van der Waals surface area (Å²) in [6.07, 6.45) is 1.84. The number of hydrogen-bond donors (Lipinski definition) is 1. The van der Waals surface area contributed by atoms with E-state index in [9.17, 15) is 9.90 Å². The smallest absolute Gasteiger partial charge is 0.257 e. The number of anilines is 1. The van der Waals surface area contributed by atoms with Gasteiger partial charge in [-0.1, -0.05) is 42.5 Å². The molecule has 1 aliphatic heterocycles. The third-order valence-electron chi connectivity index (χ3n) is 6.54. The summed E-state index contributed by atoms with van der Waals surface area (Å²) < 4.78 is 1.79. The van der Waals surface area contributed by atoms with Crippen LogP contribution in [0.4, 0.5) is 5.69 Å². The first-order valence-electron chi connectivity index (χ1n) is 11.6. The van der Waals surface area contributed by atoms with Crippen molar-refractivity contribution in [3.8, 4) is 22.7 Å². The Balaban J connectivity index is 1.45. The number of carbonyl (C=O) groups is 1. The maximum atomic E-state index is 13.7. The van der Waals surface area contributed by atoms with Crippen LogP contribution in [0.2, 0.25) is 0 Å². The summed E-state index contributed by atoms with van der Waals surface area (Å²) in [5, 5.41) is 15.0. The van der Waals surface area contributed by atoms with E-state index in [1.54, 1.807) is 10.7 Å². The monoisotopic (exact) mass is 452 g/mol. The van der Waals surface area contributed by atoms with Gasteiger partial charge in [-0.3, -0.25) is 4.79 Å². The Hall–Kier alpha value is -4.06. The number of phenols is 1. The number of piperazine rings is 1. The molecule has 1 saturated heterocycles. The Labute approximate surface area is 199 Å². The van der Waals surface area contributed by atoms with Gasteiger partial charge in [-0.05, 0) is 55.3 Å². The minimum absolute atomic E-state index is 0.0210. The van der Waals surface area contributed by atoms with Crippen LogP contribution >= 0.6 is 0 Å². The number of amides is 1. The van der Waals surface area contributed by atoms with Crippen LogP contribution in [0, 0.1) is 13.8 Å². The van der Waals surface area contributed by atoms with Gasteiger partial charge in [-0.25, -0.2) is 4.68 Å². The van der Waals surface area contributed by atoms with Crippen LogP contribution in [-0.4, -0.2) is 51.9 Å². The lowest BCUT2D eigenvalue weighted by atomic mass is 10.0. The average Bonchev–Trinajstić information content (AvgIpc) is 3.32. The summed E-state index contributed by atoms with van der Waals surface area (Å²) in [4.78, 5) is 17.7. The number of nitrogens with zero attached hydrogens (tertiary/aromatic N) is 4. The fourth-order valence-electron chi connectivity index (χ4n) is 4.40. The number of phenolic OH excluding ortho intramolecular Hbond substituents is 1. The fraction of sp³-hybridized carbons (Fsp3) is 0.214. The van der Waals surface area contributed by atoms with Crippen molar-refractivity contribution in [1.29, 1.82) is 0 Å². The number of hydrogen-bond acceptors (Lipinski definition) is 4. The first-order valence-corrected chi connectivity index (χ1v) is 11.6. The molecule has 0 saturated carbocycles. The Kier molecular flexibility index (Phi) is 5.80. The highest BCUT2D eigenvalue weighted by Gasteiger charge is 2.27. The van der Waals surface area contributed by atoms with Gasteiger partial charge in [0.2, 0.25) is 0 Å². The zero-order valence-corrected chi connectivity index (χ0v) is 19.5. The molecule has 4 aromatic rings. The summed E-state index contributed by atoms with van der Waals surface area (Å²) in [7, 11) is 0. The molecule has 34 heavy (non-hydrogen) atoms. The second-order valence-corrected chi connectivity index (χ2v) is 8.74. The van der Waals surface area contributed by atoms with E-state index in [2.05, 4.69) is 30.9 Å². The highest BCUT2D eigenvalue weighted by molar-refractivity contribution is 6.00. The van der Waals surface area contributed by atoms with E-state index >= 15 is 0 Å². The van der Waals surface area contributed by atoms with Crippen molar-refractivity contribution in [3.05, 3.63) is 95.7 Å². The first-order chi connectivity index (χ1) is 16.5. The van der Waals surface area contributed by atoms with Gasteiger partial charge in [0.1, 0.15) is 11.4 Å². The van der Waals surface area contributed by atoms with Crippen LogP contribution in [-0.2, 0) is 0 Å². The van der Waals surface area contributed by atoms with E-state index < -0.39 is 0 Å². The Bertz CT molecular complexity index is 1320. The van der Waals surface area contributed by atoms with Crippen molar-refractivity contribution in [2.75, 3.05) is 31.1 Å². The van der Waals surface area contributed by atoms with Crippen LogP contribution in [0.25, 0.3) is 16.9 Å². The van der Waals surface area contributed by atoms with E-state index in [0.29, 0.717) is 37.4 Å². The minimum atomic E-state index is -0.0210. The fourth-order valence-corrected chi connectivity index (χ4v) is 4.40. The van der Waals surface area contributed by atoms with Crippen LogP contribution in [0.5, 0.6) is 5.75 Å². The molecule has 5 rings (SSSR count). The van der Waals surface area contributed by atoms with Crippen LogP contribution in [0.3, 0.4) is 0 Å². The molecule has 1 aromatic heterocycles. The molecule has 172 valence electrons. The average molecular weight is 453 g/mol. The second-order valence-electron chi connectivity index (χ2n) is 8.74. The molecule has 0 aliphatic carbocycles. The number of aryl methyl sites for hydroxylation is 2. The van der Waals surface area contributed by atoms with E-state index in [1.165, 1.54) is 11.1 Å². The molecular weight excluding hydrogens is 424 g/mol. The minimum Gasteiger partial charge on any atom is -0.506 e. The van der Waals surface area contributed by atoms with Gasteiger partial charge in [0.15, 0.2) is 0 Å². The predicted octanol–water partition coefficient (Wildman–Crippen LogP) is 4.82. The van der Waals surface area contributed by atoms with E-state index in [-0.39, 0.29) is 11.7 Å². The summed E-state index contributed by atoms with van der Waals surface area (Å²) in [5.74, 6) is 0.246. The molecule has 2 heterocycles. The standard InChI is InChI=1S/C28H28N4O2/c1-20-12-13-22(18-21(20)2)27-24(19-32(29-27)23-8-4-3-5-9-23)28(34)31-16-14-30(15-17-31)25-10-6-7-11-26(25)33/h3-13,18-19,33H,14-17H2,1-2H3. The van der Waals surface area contributed by atoms with Crippen molar-refractivity contribution >= 4 is 11.6 Å². The van der Waals surface area contributed by atoms with Crippen molar-refractivity contribution in [2.45, 2.75) is 13.8 Å². The Morgan fingerprint density at radius 1 is 0.853 bits per heavy atom. The van der Waals surface area contributed by atoms with E-state index in [0.717, 1.165) is 16.9 Å². The van der Waals surface area contributed by atoms with Gasteiger partial charge in [0.05, 0.1) is 16.9 Å². The molecule has 0 atom stereocenters. The van der Waals surface area contributed by atoms with Crippen molar-refractivity contribution in [3.63, 3.8) is 0 Å². The number of benzene rings is 3. The van der Waals surface area contributed by atoms with E-state index in [1.807, 2.05) is 65.7 Å². The summed E-state index contributed by atoms with van der Waals surface area (Å²) in [5.41, 5.74) is 6.33. The van der Waals surface area contributed by atoms with Crippen LogP contribution < -0.4 is 4.90 Å². The highest BCUT2D eigenvalue weighted by Crippen LogP contribution is 2.29. The lowest BCUT2D eigenvalue weighted by molar-refractivity contribution is 0.0747. The number of rotatable bonds is 4. The number of aromatic nitrogens is 2. The second kappa shape index (κ2) is 9.06. The molecule has 1 N–H and O–H groups in total. The maximum absolute atomic E-state index is 13.7. The zero-order chi connectivity index (χ0) is 23.7. The summed E-state index contributed by atoms with van der Waals surface area (Å²) in [6, 6.07) is 23.4. The van der Waals surface area contributed by atoms with Gasteiger partial charge in [0, 0.05) is 37.9 Å². The van der Waals surface area contributed by atoms with Crippen LogP contribution in [0.15, 0.2) is 79.0 Å². The number of carbonyl (C=O) groups excluding carboxylic acids is 1. The number of para-hydroxylation sites is 3. The molecule has 1 fully saturated rings. The lowest BCUT2D eigenvalue weighted by Crippen LogP contribution is -2.48. The number of aromatic hydroxyl groups is 1. The summed E-state index contributed by atoms with van der Waals surface area (Å²) >= 11 is 0. The van der Waals surface area contributed by atoms with E-state index in [4.69, 9.17) is 5.10 Å². The maximum Gasteiger partial charge on any atom is 0.257 e. The predicted molar refractivity (Wildman–Crippen MR) is 135 cm³/mol. The van der Waals surface area contributed by atoms with Gasteiger partial charge < -0.3 is 14.9 Å². The van der Waals surface area contributed by atoms with Gasteiger partial charge in [0.25, 0.3) is 5.91 Å². The molecule has 6 heteroatoms. The SMILES string of the molecule is Cc1ccc(-c2nn(-c3ccccc3)cc2C(=O)N2CCN(c3ccccc3O)CC2)cc1C. The van der Waals surface area contributed by atoms with Crippen molar-refractivity contribution in [2.24, 2.45) is 0 Å². The third-order valence-corrected chi connectivity index (χ3v) is 6.54. The lowest BCUT2D eigenvalue weighted by Gasteiger charge is -2.36. The topological polar surface area (TPSA) is 61.6 Å². The quantitative estimate of drug-likeness (QED) is 0.482. The molecule has 0 unspecified atom stereocenters. The molecule has 1 aliphatic rings. The van der Waals surface area contributed by atoms with Crippen molar-refractivity contribution < 1.29 is 9.90 Å². The molecule has 0 spiro atoms. The van der Waals surface area contributed by atoms with Gasteiger partial charge in [-0.15, -0.1) is 0 Å². The Morgan fingerprint density at radius 2 is 1.56 bits per heavy atom. The van der Waals surface area contributed by atoms with Gasteiger partial charge in [-0.2, -0.15) is 5.10 Å². The van der Waals surface area contributed by atoms with Gasteiger partial charge >= 0.3 is 0 Å². The molecule has 3 aromatic carbocycles.